The van der Waals surface area contributed by atoms with E-state index in [9.17, 15) is 0 Å². The van der Waals surface area contributed by atoms with E-state index in [-0.39, 0.29) is 0 Å². The van der Waals surface area contributed by atoms with Crippen LogP contribution in [0, 0.1) is 11.3 Å². The molecule has 2 aromatic rings. The Labute approximate surface area is 93.8 Å². The fourth-order valence-electron chi connectivity index (χ4n) is 1.97. The summed E-state index contributed by atoms with van der Waals surface area (Å²) in [6.45, 7) is 0.368. The molecule has 0 unspecified atom stereocenters. The van der Waals surface area contributed by atoms with Gasteiger partial charge >= 0.3 is 0 Å². The first kappa shape index (κ1) is 10.5. The molecule has 1 aromatic heterocycles. The Bertz CT molecular complexity index is 578. The Morgan fingerprint density at radius 1 is 1.50 bits per heavy atom. The lowest BCUT2D eigenvalue weighted by atomic mass is 10.1. The molecule has 0 radical (unpaired) electrons. The third-order valence-corrected chi connectivity index (χ3v) is 2.82. The van der Waals surface area contributed by atoms with Crippen LogP contribution in [0.25, 0.3) is 10.9 Å². The number of hydrogen-bond donors (Lipinski definition) is 1. The number of methoxy groups -OCH3 is 1. The van der Waals surface area contributed by atoms with Crippen LogP contribution in [0.15, 0.2) is 18.2 Å². The Morgan fingerprint density at radius 2 is 2.25 bits per heavy atom. The predicted molar refractivity (Wildman–Crippen MR) is 62.1 cm³/mol. The van der Waals surface area contributed by atoms with Crippen molar-refractivity contribution >= 4 is 10.9 Å². The van der Waals surface area contributed by atoms with Crippen LogP contribution >= 0.6 is 0 Å². The van der Waals surface area contributed by atoms with Crippen molar-refractivity contribution in [3.8, 4) is 11.8 Å². The molecule has 16 heavy (non-hydrogen) atoms. The number of ether oxygens (including phenoxy) is 1. The van der Waals surface area contributed by atoms with Crippen LogP contribution in [-0.4, -0.2) is 11.7 Å². The highest BCUT2D eigenvalue weighted by atomic mass is 16.5. The van der Waals surface area contributed by atoms with E-state index in [0.29, 0.717) is 12.2 Å². The van der Waals surface area contributed by atoms with Crippen molar-refractivity contribution in [1.82, 2.24) is 4.57 Å². The van der Waals surface area contributed by atoms with Gasteiger partial charge in [-0.15, -0.1) is 0 Å². The molecular weight excluding hydrogens is 202 g/mol. The number of aromatic nitrogens is 1. The van der Waals surface area contributed by atoms with Crippen LogP contribution in [0.1, 0.15) is 11.3 Å². The second-order valence-corrected chi connectivity index (χ2v) is 3.59. The number of hydrogen-bond acceptors (Lipinski definition) is 3. The minimum Gasteiger partial charge on any atom is -0.497 e. The summed E-state index contributed by atoms with van der Waals surface area (Å²) < 4.78 is 7.01. The number of nitrogens with two attached hydrogens (primary N) is 1. The van der Waals surface area contributed by atoms with E-state index in [4.69, 9.17) is 15.7 Å². The average Bonchev–Trinajstić information content (AvgIpc) is 2.60. The van der Waals surface area contributed by atoms with Crippen LogP contribution in [0.4, 0.5) is 0 Å². The van der Waals surface area contributed by atoms with Gasteiger partial charge in [0.25, 0.3) is 0 Å². The number of benzene rings is 1. The zero-order valence-corrected chi connectivity index (χ0v) is 9.32. The molecule has 0 saturated heterocycles. The summed E-state index contributed by atoms with van der Waals surface area (Å²) in [4.78, 5) is 0. The number of aryl methyl sites for hydroxylation is 1. The highest BCUT2D eigenvalue weighted by Crippen LogP contribution is 2.27. The second-order valence-electron chi connectivity index (χ2n) is 3.59. The van der Waals surface area contributed by atoms with Gasteiger partial charge in [-0.05, 0) is 12.1 Å². The maximum atomic E-state index is 9.10. The zero-order chi connectivity index (χ0) is 11.7. The molecule has 0 aliphatic carbocycles. The van der Waals surface area contributed by atoms with Gasteiger partial charge in [0.1, 0.15) is 17.5 Å². The van der Waals surface area contributed by atoms with Gasteiger partial charge in [-0.1, -0.05) is 0 Å². The molecule has 4 heteroatoms. The van der Waals surface area contributed by atoms with Crippen molar-refractivity contribution < 1.29 is 4.74 Å². The topological polar surface area (TPSA) is 64.0 Å². The van der Waals surface area contributed by atoms with E-state index in [1.807, 2.05) is 29.8 Å². The first-order chi connectivity index (χ1) is 7.72. The van der Waals surface area contributed by atoms with E-state index in [0.717, 1.165) is 22.2 Å². The lowest BCUT2D eigenvalue weighted by Crippen LogP contribution is -1.99. The maximum Gasteiger partial charge on any atom is 0.125 e. The number of nitrogens with zero attached hydrogens (tertiary/aromatic N) is 2. The van der Waals surface area contributed by atoms with Crippen LogP contribution < -0.4 is 10.5 Å². The molecule has 2 N–H and O–H groups in total. The lowest BCUT2D eigenvalue weighted by molar-refractivity contribution is 0.415. The van der Waals surface area contributed by atoms with Gasteiger partial charge in [0, 0.05) is 30.6 Å². The normalized spacial score (nSPS) is 10.4. The van der Waals surface area contributed by atoms with Gasteiger partial charge in [-0.3, -0.25) is 0 Å². The van der Waals surface area contributed by atoms with Crippen LogP contribution in [0.3, 0.4) is 0 Å². The van der Waals surface area contributed by atoms with Crippen LogP contribution in [0.5, 0.6) is 5.75 Å². The van der Waals surface area contributed by atoms with Crippen molar-refractivity contribution in [2.75, 3.05) is 7.11 Å². The molecule has 0 amide bonds. The molecule has 0 fully saturated rings. The Hall–Kier alpha value is -1.99. The molecule has 2 rings (SSSR count). The molecule has 4 nitrogen and oxygen atoms in total. The zero-order valence-electron chi connectivity index (χ0n) is 9.32. The number of nitriles is 1. The largest absolute Gasteiger partial charge is 0.497 e. The van der Waals surface area contributed by atoms with Gasteiger partial charge in [-0.2, -0.15) is 5.26 Å². The monoisotopic (exact) mass is 215 g/mol. The fourth-order valence-corrected chi connectivity index (χ4v) is 1.97. The smallest absolute Gasteiger partial charge is 0.125 e. The van der Waals surface area contributed by atoms with Gasteiger partial charge in [-0.25, -0.2) is 0 Å². The first-order valence-corrected chi connectivity index (χ1v) is 4.98. The van der Waals surface area contributed by atoms with Gasteiger partial charge < -0.3 is 15.0 Å². The molecule has 1 heterocycles. The fraction of sp³-hybridized carbons (Fsp3) is 0.250. The predicted octanol–water partition coefficient (Wildman–Crippen LogP) is 1.52. The quantitative estimate of drug-likeness (QED) is 0.826. The summed E-state index contributed by atoms with van der Waals surface area (Å²) in [5.74, 6) is 0.779. The number of rotatable bonds is 2. The molecular formula is C12H13N3O. The molecule has 0 spiro atoms. The van der Waals surface area contributed by atoms with Crippen LogP contribution in [-0.2, 0) is 13.6 Å². The Kier molecular flexibility index (Phi) is 2.55. The Morgan fingerprint density at radius 3 is 2.81 bits per heavy atom. The number of fused-ring (bicyclic) bond motifs is 1. The van der Waals surface area contributed by atoms with E-state index >= 15 is 0 Å². The third kappa shape index (κ3) is 1.34. The SMILES string of the molecule is COc1ccc2c(CN)c(C#N)n(C)c2c1. The molecule has 0 aliphatic heterocycles. The maximum absolute atomic E-state index is 9.10. The van der Waals surface area contributed by atoms with Crippen molar-refractivity contribution in [2.24, 2.45) is 12.8 Å². The summed E-state index contributed by atoms with van der Waals surface area (Å²) in [7, 11) is 3.48. The molecule has 0 saturated carbocycles. The van der Waals surface area contributed by atoms with Crippen molar-refractivity contribution in [2.45, 2.75) is 6.54 Å². The summed E-state index contributed by atoms with van der Waals surface area (Å²) in [6, 6.07) is 7.92. The van der Waals surface area contributed by atoms with Crippen LogP contribution in [0.2, 0.25) is 0 Å². The van der Waals surface area contributed by atoms with E-state index in [1.54, 1.807) is 7.11 Å². The summed E-state index contributed by atoms with van der Waals surface area (Å²) >= 11 is 0. The van der Waals surface area contributed by atoms with E-state index in [1.165, 1.54) is 0 Å². The van der Waals surface area contributed by atoms with Crippen molar-refractivity contribution in [3.63, 3.8) is 0 Å². The molecule has 0 bridgehead atoms. The van der Waals surface area contributed by atoms with Crippen molar-refractivity contribution in [3.05, 3.63) is 29.5 Å². The third-order valence-electron chi connectivity index (χ3n) is 2.82. The Balaban J connectivity index is 2.84. The van der Waals surface area contributed by atoms with E-state index < -0.39 is 0 Å². The summed E-state index contributed by atoms with van der Waals surface area (Å²) in [5.41, 5.74) is 8.16. The molecule has 0 atom stereocenters. The minimum atomic E-state index is 0.368. The molecule has 0 aliphatic rings. The van der Waals surface area contributed by atoms with Crippen molar-refractivity contribution in [1.29, 1.82) is 5.26 Å². The first-order valence-electron chi connectivity index (χ1n) is 4.98. The molecule has 82 valence electrons. The van der Waals surface area contributed by atoms with Gasteiger partial charge in [0.05, 0.1) is 12.6 Å². The summed E-state index contributed by atoms with van der Waals surface area (Å²) in [6.07, 6.45) is 0. The summed E-state index contributed by atoms with van der Waals surface area (Å²) in [5, 5.41) is 10.1. The minimum absolute atomic E-state index is 0.368. The molecule has 1 aromatic carbocycles. The van der Waals surface area contributed by atoms with E-state index in [2.05, 4.69) is 6.07 Å². The highest BCUT2D eigenvalue weighted by Gasteiger charge is 2.13. The van der Waals surface area contributed by atoms with Gasteiger partial charge in [0.2, 0.25) is 0 Å². The standard InChI is InChI=1S/C12H13N3O/c1-15-11-5-8(16-2)3-4-9(11)10(6-13)12(15)7-14/h3-5H,6,13H2,1-2H3. The highest BCUT2D eigenvalue weighted by molar-refractivity contribution is 5.87. The van der Waals surface area contributed by atoms with Gasteiger partial charge in [0.15, 0.2) is 0 Å². The second kappa shape index (κ2) is 3.87. The average molecular weight is 215 g/mol. The lowest BCUT2D eigenvalue weighted by Gasteiger charge is -2.01.